The highest BCUT2D eigenvalue weighted by Crippen LogP contribution is 2.53. The molecule has 7 nitrogen and oxygen atoms in total. The maximum Gasteiger partial charge on any atom is 0.433 e. The number of aryl methyl sites for hydroxylation is 2. The van der Waals surface area contributed by atoms with Gasteiger partial charge >= 0.3 is 6.18 Å². The maximum atomic E-state index is 13.4. The summed E-state index contributed by atoms with van der Waals surface area (Å²) in [6.07, 6.45) is -2.12. The molecule has 1 aromatic carbocycles. The summed E-state index contributed by atoms with van der Waals surface area (Å²) in [6, 6.07) is 8.61. The maximum absolute atomic E-state index is 13.4. The van der Waals surface area contributed by atoms with Crippen LogP contribution in [0, 0.1) is 6.92 Å². The predicted molar refractivity (Wildman–Crippen MR) is 101 cm³/mol. The summed E-state index contributed by atoms with van der Waals surface area (Å²) in [5.41, 5.74) is 0.521. The van der Waals surface area contributed by atoms with Gasteiger partial charge in [0.15, 0.2) is 11.5 Å². The van der Waals surface area contributed by atoms with E-state index in [4.69, 9.17) is 4.52 Å². The predicted octanol–water partition coefficient (Wildman–Crippen LogP) is 3.38. The van der Waals surface area contributed by atoms with Crippen molar-refractivity contribution in [2.24, 2.45) is 0 Å². The topological polar surface area (TPSA) is 90.9 Å². The molecule has 1 aliphatic carbocycles. The summed E-state index contributed by atoms with van der Waals surface area (Å²) in [5, 5.41) is 7.91. The van der Waals surface area contributed by atoms with Crippen molar-refractivity contribution >= 4 is 9.84 Å². The lowest BCUT2D eigenvalue weighted by Crippen LogP contribution is -2.19. The van der Waals surface area contributed by atoms with Crippen LogP contribution in [0.2, 0.25) is 0 Å². The van der Waals surface area contributed by atoms with E-state index in [1.807, 2.05) is 31.2 Å². The molecule has 0 atom stereocenters. The summed E-state index contributed by atoms with van der Waals surface area (Å²) in [4.78, 5) is 4.34. The Hall–Kier alpha value is -2.69. The number of hydrogen-bond acceptors (Lipinski definition) is 6. The zero-order chi connectivity index (χ0) is 21.7. The molecule has 3 aromatic rings. The fraction of sp³-hybridized carbons (Fsp3) is 0.421. The van der Waals surface area contributed by atoms with E-state index in [2.05, 4.69) is 15.2 Å². The molecule has 2 aromatic heterocycles. The molecule has 0 N–H and O–H groups in total. The van der Waals surface area contributed by atoms with Crippen molar-refractivity contribution in [2.45, 2.75) is 37.9 Å². The minimum Gasteiger partial charge on any atom is -0.332 e. The van der Waals surface area contributed by atoms with Crippen molar-refractivity contribution in [3.05, 3.63) is 53.0 Å². The molecule has 0 spiro atoms. The van der Waals surface area contributed by atoms with Crippen LogP contribution in [-0.4, -0.2) is 40.3 Å². The minimum absolute atomic E-state index is 0.131. The van der Waals surface area contributed by atoms with Crippen LogP contribution in [0.3, 0.4) is 0 Å². The number of halogens is 3. The van der Waals surface area contributed by atoms with E-state index in [9.17, 15) is 21.6 Å². The number of benzene rings is 1. The Balaban J connectivity index is 1.69. The van der Waals surface area contributed by atoms with Gasteiger partial charge in [-0.2, -0.15) is 23.3 Å². The van der Waals surface area contributed by atoms with Crippen LogP contribution < -0.4 is 0 Å². The molecule has 1 saturated carbocycles. The van der Waals surface area contributed by atoms with Gasteiger partial charge in [-0.25, -0.2) is 8.42 Å². The van der Waals surface area contributed by atoms with E-state index in [1.54, 1.807) is 0 Å². The number of sulfone groups is 1. The molecular formula is C19H19F3N4O3S. The first-order valence-corrected chi connectivity index (χ1v) is 11.3. The van der Waals surface area contributed by atoms with Crippen LogP contribution in [-0.2, 0) is 28.0 Å². The second-order valence-electron chi connectivity index (χ2n) is 7.59. The van der Waals surface area contributed by atoms with Crippen molar-refractivity contribution in [3.63, 3.8) is 0 Å². The fourth-order valence-electron chi connectivity index (χ4n) is 3.54. The van der Waals surface area contributed by atoms with Gasteiger partial charge in [0, 0.05) is 12.3 Å². The molecule has 0 unspecified atom stereocenters. The zero-order valence-corrected chi connectivity index (χ0v) is 17.1. The smallest absolute Gasteiger partial charge is 0.332 e. The summed E-state index contributed by atoms with van der Waals surface area (Å²) >= 11 is 0. The van der Waals surface area contributed by atoms with Gasteiger partial charge in [-0.1, -0.05) is 29.4 Å². The standard InChI is InChI=1S/C19H19F3N4O3S/c1-12-5-3-4-6-13(12)18(7-8-18)17-23-16(29-25-17)14-11-15(19(20,21)22)26(24-14)9-10-30(2,27)28/h3-6,11H,7-10H2,1-2H3. The molecule has 160 valence electrons. The average Bonchev–Trinajstić information content (AvgIpc) is 3.10. The van der Waals surface area contributed by atoms with Crippen molar-refractivity contribution in [1.82, 2.24) is 19.9 Å². The van der Waals surface area contributed by atoms with Crippen LogP contribution in [0.15, 0.2) is 34.9 Å². The molecule has 2 heterocycles. The molecule has 4 rings (SSSR count). The highest BCUT2D eigenvalue weighted by atomic mass is 32.2. The Bertz CT molecular complexity index is 1190. The Morgan fingerprint density at radius 3 is 2.53 bits per heavy atom. The molecule has 1 fully saturated rings. The van der Waals surface area contributed by atoms with Gasteiger partial charge in [-0.05, 0) is 30.9 Å². The van der Waals surface area contributed by atoms with Crippen molar-refractivity contribution < 1.29 is 26.1 Å². The summed E-state index contributed by atoms with van der Waals surface area (Å²) in [5.74, 6) is -0.192. The Kier molecular flexibility index (Phi) is 4.75. The van der Waals surface area contributed by atoms with Crippen LogP contribution in [0.25, 0.3) is 11.6 Å². The van der Waals surface area contributed by atoms with Crippen LogP contribution >= 0.6 is 0 Å². The lowest BCUT2D eigenvalue weighted by molar-refractivity contribution is -0.144. The first-order chi connectivity index (χ1) is 14.0. The third-order valence-electron chi connectivity index (χ3n) is 5.23. The summed E-state index contributed by atoms with van der Waals surface area (Å²) in [6.45, 7) is 1.55. The molecule has 1 aliphatic rings. The molecule has 11 heteroatoms. The van der Waals surface area contributed by atoms with Crippen LogP contribution in [0.1, 0.15) is 35.5 Å². The van der Waals surface area contributed by atoms with Crippen molar-refractivity contribution in [3.8, 4) is 11.6 Å². The molecular weight excluding hydrogens is 421 g/mol. The SMILES string of the molecule is Cc1ccccc1C1(c2noc(-c3cc(C(F)(F)F)n(CCS(C)(=O)=O)n3)n2)CC1. The van der Waals surface area contributed by atoms with Gasteiger partial charge in [0.2, 0.25) is 0 Å². The first kappa shape index (κ1) is 20.6. The largest absolute Gasteiger partial charge is 0.433 e. The van der Waals surface area contributed by atoms with E-state index >= 15 is 0 Å². The average molecular weight is 440 g/mol. The monoisotopic (exact) mass is 440 g/mol. The number of alkyl halides is 3. The Morgan fingerprint density at radius 1 is 1.23 bits per heavy atom. The van der Waals surface area contributed by atoms with E-state index in [0.717, 1.165) is 36.3 Å². The quantitative estimate of drug-likeness (QED) is 0.584. The first-order valence-electron chi connectivity index (χ1n) is 9.23. The Labute approximate surface area is 170 Å². The summed E-state index contributed by atoms with van der Waals surface area (Å²) in [7, 11) is -3.46. The second-order valence-corrected chi connectivity index (χ2v) is 9.85. The van der Waals surface area contributed by atoms with E-state index in [1.165, 1.54) is 0 Å². The highest BCUT2D eigenvalue weighted by Gasteiger charge is 2.50. The number of hydrogen-bond donors (Lipinski definition) is 0. The normalized spacial score (nSPS) is 16.0. The highest BCUT2D eigenvalue weighted by molar-refractivity contribution is 7.90. The molecule has 0 aliphatic heterocycles. The third-order valence-corrected chi connectivity index (χ3v) is 6.15. The Morgan fingerprint density at radius 2 is 1.93 bits per heavy atom. The van der Waals surface area contributed by atoms with Gasteiger partial charge in [0.1, 0.15) is 15.5 Å². The van der Waals surface area contributed by atoms with Gasteiger partial charge < -0.3 is 4.52 Å². The second kappa shape index (κ2) is 6.93. The number of rotatable bonds is 6. The van der Waals surface area contributed by atoms with Gasteiger partial charge in [-0.15, -0.1) is 0 Å². The number of aromatic nitrogens is 4. The minimum atomic E-state index is -4.70. The van der Waals surface area contributed by atoms with Crippen LogP contribution in [0.5, 0.6) is 0 Å². The third kappa shape index (κ3) is 3.85. The molecule has 0 radical (unpaired) electrons. The molecule has 0 amide bonds. The fourth-order valence-corrected chi connectivity index (χ4v) is 4.05. The van der Waals surface area contributed by atoms with Crippen molar-refractivity contribution in [1.29, 1.82) is 0 Å². The van der Waals surface area contributed by atoms with Crippen molar-refractivity contribution in [2.75, 3.05) is 12.0 Å². The van der Waals surface area contributed by atoms with E-state index in [-0.39, 0.29) is 11.6 Å². The van der Waals surface area contributed by atoms with Gasteiger partial charge in [-0.3, -0.25) is 4.68 Å². The molecule has 0 bridgehead atoms. The van der Waals surface area contributed by atoms with Crippen LogP contribution in [0.4, 0.5) is 13.2 Å². The number of nitrogens with zero attached hydrogens (tertiary/aromatic N) is 4. The molecule has 30 heavy (non-hydrogen) atoms. The zero-order valence-electron chi connectivity index (χ0n) is 16.3. The molecule has 0 saturated heterocycles. The lowest BCUT2D eigenvalue weighted by atomic mass is 9.91. The van der Waals surface area contributed by atoms with E-state index in [0.29, 0.717) is 10.5 Å². The summed E-state index contributed by atoms with van der Waals surface area (Å²) < 4.78 is 68.8. The van der Waals surface area contributed by atoms with Gasteiger partial charge in [0.05, 0.1) is 17.7 Å². The lowest BCUT2D eigenvalue weighted by Gasteiger charge is -2.13. The van der Waals surface area contributed by atoms with E-state index < -0.39 is 39.4 Å². The van der Waals surface area contributed by atoms with Gasteiger partial charge in [0.25, 0.3) is 5.89 Å².